The lowest BCUT2D eigenvalue weighted by Gasteiger charge is -2.34. The maximum atomic E-state index is 12.5. The molecule has 1 aliphatic rings. The van der Waals surface area contributed by atoms with Crippen LogP contribution < -0.4 is 10.1 Å². The average Bonchev–Trinajstić information content (AvgIpc) is 2.94. The largest absolute Gasteiger partial charge is 0.497 e. The third-order valence-electron chi connectivity index (χ3n) is 4.87. The molecule has 2 heterocycles. The molecule has 2 unspecified atom stereocenters. The van der Waals surface area contributed by atoms with Crippen LogP contribution in [0, 0.1) is 11.8 Å². The van der Waals surface area contributed by atoms with Crippen molar-refractivity contribution in [3.8, 4) is 5.75 Å². The number of carbonyl (C=O) groups excluding carboxylic acids is 1. The van der Waals surface area contributed by atoms with E-state index in [4.69, 9.17) is 4.74 Å². The van der Waals surface area contributed by atoms with E-state index in [1.165, 1.54) is 0 Å². The van der Waals surface area contributed by atoms with Crippen LogP contribution in [-0.4, -0.2) is 51.8 Å². The Morgan fingerprint density at radius 1 is 1.38 bits per heavy atom. The average molecular weight is 360 g/mol. The molecule has 1 aromatic heterocycles. The Balaban J connectivity index is 1.68. The van der Waals surface area contributed by atoms with Gasteiger partial charge in [-0.15, -0.1) is 0 Å². The maximum Gasteiger partial charge on any atom is 0.317 e. The number of hydrogen-bond acceptors (Lipinski definition) is 4. The molecule has 0 aliphatic carbocycles. The number of hydrogen-bond donors (Lipinski definition) is 2. The Hall–Kier alpha value is -2.77. The van der Waals surface area contributed by atoms with Gasteiger partial charge in [-0.25, -0.2) is 9.78 Å². The van der Waals surface area contributed by atoms with Gasteiger partial charge in [-0.2, -0.15) is 0 Å². The van der Waals surface area contributed by atoms with Crippen LogP contribution in [0.5, 0.6) is 5.75 Å². The second-order valence-corrected chi connectivity index (χ2v) is 6.88. The molecule has 140 valence electrons. The molecule has 2 aromatic rings. The summed E-state index contributed by atoms with van der Waals surface area (Å²) in [7, 11) is 3.50. The van der Waals surface area contributed by atoms with E-state index in [2.05, 4.69) is 10.3 Å². The van der Waals surface area contributed by atoms with Gasteiger partial charge in [0.05, 0.1) is 30.6 Å². The molecular formula is C18H24N4O4. The lowest BCUT2D eigenvalue weighted by atomic mass is 9.91. The smallest absolute Gasteiger partial charge is 0.317 e. The van der Waals surface area contributed by atoms with Crippen molar-refractivity contribution in [1.82, 2.24) is 19.8 Å². The molecule has 0 bridgehead atoms. The number of carbonyl (C=O) groups is 2. The second-order valence-electron chi connectivity index (χ2n) is 6.88. The standard InChI is InChI=1S/C18H24N4O4/c1-11-6-12(17(23)24)10-22(9-11)18(25)19-8-16-20-14-7-13(26-3)4-5-15(14)21(16)2/h4-5,7,11-12H,6,8-10H2,1-3H3,(H,19,25)(H,23,24). The molecule has 26 heavy (non-hydrogen) atoms. The van der Waals surface area contributed by atoms with Gasteiger partial charge in [-0.05, 0) is 24.5 Å². The number of aromatic nitrogens is 2. The predicted molar refractivity (Wildman–Crippen MR) is 96.0 cm³/mol. The van der Waals surface area contributed by atoms with E-state index in [0.717, 1.165) is 22.6 Å². The third kappa shape index (κ3) is 3.58. The summed E-state index contributed by atoms with van der Waals surface area (Å²) in [4.78, 5) is 29.9. The number of carboxylic acids is 1. The first-order valence-corrected chi connectivity index (χ1v) is 8.64. The van der Waals surface area contributed by atoms with Crippen LogP contribution in [-0.2, 0) is 18.4 Å². The number of likely N-dealkylation sites (tertiary alicyclic amines) is 1. The minimum atomic E-state index is -0.848. The number of aryl methyl sites for hydroxylation is 1. The van der Waals surface area contributed by atoms with Crippen molar-refractivity contribution in [1.29, 1.82) is 0 Å². The number of imidazole rings is 1. The number of nitrogens with one attached hydrogen (secondary N) is 1. The van der Waals surface area contributed by atoms with Gasteiger partial charge in [-0.3, -0.25) is 4.79 Å². The number of carboxylic acid groups (broad SMARTS) is 1. The van der Waals surface area contributed by atoms with E-state index in [9.17, 15) is 14.7 Å². The molecule has 2 N–H and O–H groups in total. The number of fused-ring (bicyclic) bond motifs is 1. The van der Waals surface area contributed by atoms with E-state index >= 15 is 0 Å². The fourth-order valence-electron chi connectivity index (χ4n) is 3.48. The summed E-state index contributed by atoms with van der Waals surface area (Å²) in [6.45, 7) is 3.05. The SMILES string of the molecule is COc1ccc2c(c1)nc(CNC(=O)N1CC(C)CC(C(=O)O)C1)n2C. The highest BCUT2D eigenvalue weighted by atomic mass is 16.5. The normalized spacial score (nSPS) is 20.2. The van der Waals surface area contributed by atoms with E-state index in [-0.39, 0.29) is 25.0 Å². The van der Waals surface area contributed by atoms with Crippen LogP contribution in [0.1, 0.15) is 19.2 Å². The number of piperidine rings is 1. The summed E-state index contributed by atoms with van der Waals surface area (Å²) in [6, 6.07) is 5.39. The Morgan fingerprint density at radius 3 is 2.85 bits per heavy atom. The molecular weight excluding hydrogens is 336 g/mol. The quantitative estimate of drug-likeness (QED) is 0.867. The van der Waals surface area contributed by atoms with Gasteiger partial charge in [0.25, 0.3) is 0 Å². The minimum absolute atomic E-state index is 0.166. The molecule has 1 aromatic carbocycles. The molecule has 0 spiro atoms. The van der Waals surface area contributed by atoms with Crippen molar-refractivity contribution < 1.29 is 19.4 Å². The molecule has 2 amide bonds. The molecule has 0 radical (unpaired) electrons. The Morgan fingerprint density at radius 2 is 2.15 bits per heavy atom. The number of urea groups is 1. The van der Waals surface area contributed by atoms with Crippen molar-refractivity contribution >= 4 is 23.0 Å². The van der Waals surface area contributed by atoms with Crippen molar-refractivity contribution in [3.05, 3.63) is 24.0 Å². The van der Waals surface area contributed by atoms with Gasteiger partial charge >= 0.3 is 12.0 Å². The number of benzene rings is 1. The lowest BCUT2D eigenvalue weighted by Crippen LogP contribution is -2.49. The third-order valence-corrected chi connectivity index (χ3v) is 4.87. The topological polar surface area (TPSA) is 96.7 Å². The van der Waals surface area contributed by atoms with E-state index in [1.807, 2.05) is 36.7 Å². The van der Waals surface area contributed by atoms with E-state index < -0.39 is 11.9 Å². The summed E-state index contributed by atoms with van der Waals surface area (Å²) in [5.41, 5.74) is 1.75. The molecule has 1 aliphatic heterocycles. The number of rotatable bonds is 4. The molecule has 3 rings (SSSR count). The lowest BCUT2D eigenvalue weighted by molar-refractivity contribution is -0.143. The molecule has 8 nitrogen and oxygen atoms in total. The zero-order valence-corrected chi connectivity index (χ0v) is 15.2. The van der Waals surface area contributed by atoms with Crippen molar-refractivity contribution in [2.45, 2.75) is 19.9 Å². The van der Waals surface area contributed by atoms with Gasteiger partial charge in [-0.1, -0.05) is 6.92 Å². The van der Waals surface area contributed by atoms with Crippen LogP contribution in [0.15, 0.2) is 18.2 Å². The van der Waals surface area contributed by atoms with Crippen LogP contribution in [0.4, 0.5) is 4.79 Å². The number of ether oxygens (including phenoxy) is 1. The first-order valence-electron chi connectivity index (χ1n) is 8.64. The van der Waals surface area contributed by atoms with Crippen LogP contribution >= 0.6 is 0 Å². The summed E-state index contributed by atoms with van der Waals surface area (Å²) in [6.07, 6.45) is 0.603. The van der Waals surface area contributed by atoms with Gasteiger partial charge in [0.15, 0.2) is 0 Å². The highest BCUT2D eigenvalue weighted by Crippen LogP contribution is 2.23. The fraction of sp³-hybridized carbons (Fsp3) is 0.500. The number of amides is 2. The Kier molecular flexibility index (Phi) is 5.01. The van der Waals surface area contributed by atoms with E-state index in [1.54, 1.807) is 12.0 Å². The van der Waals surface area contributed by atoms with Gasteiger partial charge in [0, 0.05) is 26.2 Å². The van der Waals surface area contributed by atoms with Gasteiger partial charge in [0.1, 0.15) is 11.6 Å². The highest BCUT2D eigenvalue weighted by molar-refractivity contribution is 5.79. The highest BCUT2D eigenvalue weighted by Gasteiger charge is 2.31. The minimum Gasteiger partial charge on any atom is -0.497 e. The monoisotopic (exact) mass is 360 g/mol. The summed E-state index contributed by atoms with van der Waals surface area (Å²) >= 11 is 0. The van der Waals surface area contributed by atoms with Crippen LogP contribution in [0.3, 0.4) is 0 Å². The van der Waals surface area contributed by atoms with Crippen LogP contribution in [0.25, 0.3) is 11.0 Å². The first-order chi connectivity index (χ1) is 12.4. The Bertz CT molecular complexity index is 832. The molecule has 8 heteroatoms. The molecule has 1 saturated heterocycles. The van der Waals surface area contributed by atoms with Crippen molar-refractivity contribution in [3.63, 3.8) is 0 Å². The first kappa shape index (κ1) is 18.0. The zero-order chi connectivity index (χ0) is 18.8. The second kappa shape index (κ2) is 7.23. The van der Waals surface area contributed by atoms with E-state index in [0.29, 0.717) is 13.0 Å². The number of aliphatic carboxylic acids is 1. The van der Waals surface area contributed by atoms with Crippen molar-refractivity contribution in [2.24, 2.45) is 18.9 Å². The summed E-state index contributed by atoms with van der Waals surface area (Å²) in [5, 5.41) is 12.1. The van der Waals surface area contributed by atoms with Gasteiger partial charge in [0.2, 0.25) is 0 Å². The summed E-state index contributed by atoms with van der Waals surface area (Å²) in [5.74, 6) is 0.264. The molecule has 2 atom stereocenters. The maximum absolute atomic E-state index is 12.5. The molecule has 1 fully saturated rings. The number of nitrogens with zero attached hydrogens (tertiary/aromatic N) is 3. The predicted octanol–water partition coefficient (Wildman–Crippen LogP) is 1.83. The van der Waals surface area contributed by atoms with Crippen molar-refractivity contribution in [2.75, 3.05) is 20.2 Å². The fourth-order valence-corrected chi connectivity index (χ4v) is 3.48. The van der Waals surface area contributed by atoms with Gasteiger partial charge < -0.3 is 24.6 Å². The summed E-state index contributed by atoms with van der Waals surface area (Å²) < 4.78 is 7.14. The Labute approximate surface area is 151 Å². The van der Waals surface area contributed by atoms with Crippen LogP contribution in [0.2, 0.25) is 0 Å². The number of methoxy groups -OCH3 is 1. The molecule has 0 saturated carbocycles. The zero-order valence-electron chi connectivity index (χ0n) is 15.2.